The van der Waals surface area contributed by atoms with E-state index in [9.17, 15) is 9.90 Å². The molecule has 1 aromatic carbocycles. The van der Waals surface area contributed by atoms with Crippen LogP contribution in [0, 0.1) is 0 Å². The molecule has 0 saturated carbocycles. The molecule has 1 heterocycles. The number of hydrogen-bond donors (Lipinski definition) is 0. The summed E-state index contributed by atoms with van der Waals surface area (Å²) in [4.78, 5) is 14.3. The first-order chi connectivity index (χ1) is 6.75. The average molecular weight is 208 g/mol. The highest BCUT2D eigenvalue weighted by molar-refractivity contribution is 7.99. The lowest BCUT2D eigenvalue weighted by molar-refractivity contribution is -0.301. The van der Waals surface area contributed by atoms with Gasteiger partial charge in [0.2, 0.25) is 0 Å². The molecule has 0 radical (unpaired) electrons. The van der Waals surface area contributed by atoms with Gasteiger partial charge in [0.05, 0.1) is 5.97 Å². The number of oxazole rings is 1. The lowest BCUT2D eigenvalue weighted by Crippen LogP contribution is -2.24. The molecular weight excluding hydrogens is 202 g/mol. The highest BCUT2D eigenvalue weighted by Crippen LogP contribution is 2.22. The van der Waals surface area contributed by atoms with Crippen molar-refractivity contribution >= 4 is 28.8 Å². The smallest absolute Gasteiger partial charge is 0.257 e. The zero-order valence-electron chi connectivity index (χ0n) is 7.10. The van der Waals surface area contributed by atoms with E-state index in [1.54, 1.807) is 6.07 Å². The van der Waals surface area contributed by atoms with Gasteiger partial charge in [0.15, 0.2) is 5.58 Å². The lowest BCUT2D eigenvalue weighted by atomic mass is 10.3. The van der Waals surface area contributed by atoms with Crippen molar-refractivity contribution in [1.29, 1.82) is 0 Å². The van der Waals surface area contributed by atoms with Crippen molar-refractivity contribution in [3.8, 4) is 0 Å². The van der Waals surface area contributed by atoms with Gasteiger partial charge in [-0.05, 0) is 12.1 Å². The maximum atomic E-state index is 10.2. The Hall–Kier alpha value is -1.49. The number of carboxylic acids is 1. The number of carboxylic acid groups (broad SMARTS) is 1. The van der Waals surface area contributed by atoms with Crippen molar-refractivity contribution in [2.24, 2.45) is 0 Å². The number of carbonyl (C=O) groups excluding carboxylic acids is 1. The van der Waals surface area contributed by atoms with E-state index in [0.717, 1.165) is 17.3 Å². The molecule has 2 rings (SSSR count). The summed E-state index contributed by atoms with van der Waals surface area (Å²) in [6, 6.07) is 7.27. The van der Waals surface area contributed by atoms with Crippen LogP contribution in [0.3, 0.4) is 0 Å². The molecule has 0 aliphatic rings. The minimum atomic E-state index is -1.13. The van der Waals surface area contributed by atoms with E-state index in [2.05, 4.69) is 4.98 Å². The average Bonchev–Trinajstić information content (AvgIpc) is 2.57. The van der Waals surface area contributed by atoms with Crippen LogP contribution in [0.15, 0.2) is 33.9 Å². The molecular formula is C9H6NO3S-. The number of nitrogens with zero attached hydrogens (tertiary/aromatic N) is 1. The number of carbonyl (C=O) groups is 1. The SMILES string of the molecule is O=C([O-])CSc1nc2ccccc2o1. The molecule has 72 valence electrons. The number of aliphatic carboxylic acids is 1. The van der Waals surface area contributed by atoms with Crippen LogP contribution in [0.5, 0.6) is 0 Å². The first-order valence-corrected chi connectivity index (χ1v) is 4.92. The number of benzene rings is 1. The molecule has 0 unspecified atom stereocenters. The number of fused-ring (bicyclic) bond motifs is 1. The van der Waals surface area contributed by atoms with Gasteiger partial charge < -0.3 is 14.3 Å². The number of thioether (sulfide) groups is 1. The van der Waals surface area contributed by atoms with Gasteiger partial charge >= 0.3 is 0 Å². The van der Waals surface area contributed by atoms with E-state index in [0.29, 0.717) is 10.8 Å². The number of para-hydroxylation sites is 2. The van der Waals surface area contributed by atoms with Gasteiger partial charge in [0, 0.05) is 5.75 Å². The quantitative estimate of drug-likeness (QED) is 0.693. The van der Waals surface area contributed by atoms with Crippen molar-refractivity contribution in [2.45, 2.75) is 5.22 Å². The van der Waals surface area contributed by atoms with Gasteiger partial charge in [-0.1, -0.05) is 23.9 Å². The zero-order valence-corrected chi connectivity index (χ0v) is 7.91. The maximum Gasteiger partial charge on any atom is 0.257 e. The molecule has 0 amide bonds. The second kappa shape index (κ2) is 3.71. The minimum absolute atomic E-state index is 0.146. The minimum Gasteiger partial charge on any atom is -0.549 e. The van der Waals surface area contributed by atoms with E-state index in [1.807, 2.05) is 18.2 Å². The van der Waals surface area contributed by atoms with Crippen LogP contribution in [0.2, 0.25) is 0 Å². The Morgan fingerprint density at radius 2 is 2.29 bits per heavy atom. The Labute approximate surface area is 83.9 Å². The molecule has 0 atom stereocenters. The van der Waals surface area contributed by atoms with Crippen LogP contribution in [0.25, 0.3) is 11.1 Å². The number of hydrogen-bond acceptors (Lipinski definition) is 5. The van der Waals surface area contributed by atoms with Crippen molar-refractivity contribution in [2.75, 3.05) is 5.75 Å². The summed E-state index contributed by atoms with van der Waals surface area (Å²) in [5.74, 6) is -1.27. The summed E-state index contributed by atoms with van der Waals surface area (Å²) in [7, 11) is 0. The predicted molar refractivity (Wildman–Crippen MR) is 49.7 cm³/mol. The van der Waals surface area contributed by atoms with Gasteiger partial charge in [0.25, 0.3) is 5.22 Å². The Bertz CT molecular complexity index is 433. The Morgan fingerprint density at radius 1 is 1.50 bits per heavy atom. The van der Waals surface area contributed by atoms with Gasteiger partial charge in [-0.25, -0.2) is 4.98 Å². The number of rotatable bonds is 3. The topological polar surface area (TPSA) is 66.2 Å². The van der Waals surface area contributed by atoms with E-state index >= 15 is 0 Å². The molecule has 14 heavy (non-hydrogen) atoms. The fourth-order valence-electron chi connectivity index (χ4n) is 1.03. The third-order valence-corrected chi connectivity index (χ3v) is 2.39. The lowest BCUT2D eigenvalue weighted by Gasteiger charge is -1.95. The standard InChI is InChI=1S/C9H7NO3S/c11-8(12)5-14-9-10-6-3-1-2-4-7(6)13-9/h1-4H,5H2,(H,11,12)/p-1. The number of aromatic nitrogens is 1. The normalized spacial score (nSPS) is 10.6. The maximum absolute atomic E-state index is 10.2. The second-order valence-corrected chi connectivity index (χ2v) is 3.53. The van der Waals surface area contributed by atoms with Crippen LogP contribution in [-0.4, -0.2) is 16.7 Å². The molecule has 4 nitrogen and oxygen atoms in total. The van der Waals surface area contributed by atoms with Crippen molar-refractivity contribution in [1.82, 2.24) is 4.98 Å². The zero-order chi connectivity index (χ0) is 9.97. The highest BCUT2D eigenvalue weighted by Gasteiger charge is 2.04. The van der Waals surface area contributed by atoms with Crippen molar-refractivity contribution in [3.63, 3.8) is 0 Å². The van der Waals surface area contributed by atoms with E-state index in [1.165, 1.54) is 0 Å². The molecule has 2 aromatic rings. The van der Waals surface area contributed by atoms with Crippen molar-refractivity contribution < 1.29 is 14.3 Å². The molecule has 5 heteroatoms. The molecule has 0 bridgehead atoms. The van der Waals surface area contributed by atoms with E-state index in [-0.39, 0.29) is 5.75 Å². The van der Waals surface area contributed by atoms with Crippen LogP contribution < -0.4 is 5.11 Å². The van der Waals surface area contributed by atoms with Gasteiger partial charge in [-0.15, -0.1) is 0 Å². The van der Waals surface area contributed by atoms with Crippen molar-refractivity contribution in [3.05, 3.63) is 24.3 Å². The highest BCUT2D eigenvalue weighted by atomic mass is 32.2. The summed E-state index contributed by atoms with van der Waals surface area (Å²) >= 11 is 1.01. The Kier molecular flexibility index (Phi) is 2.41. The largest absolute Gasteiger partial charge is 0.549 e. The first-order valence-electron chi connectivity index (χ1n) is 3.94. The fourth-order valence-corrected chi connectivity index (χ4v) is 1.59. The van der Waals surface area contributed by atoms with Gasteiger partial charge in [0.1, 0.15) is 5.52 Å². The van der Waals surface area contributed by atoms with Crippen LogP contribution in [0.4, 0.5) is 0 Å². The summed E-state index contributed by atoms with van der Waals surface area (Å²) < 4.78 is 5.28. The van der Waals surface area contributed by atoms with E-state index < -0.39 is 5.97 Å². The van der Waals surface area contributed by atoms with Gasteiger partial charge in [-0.3, -0.25) is 0 Å². The third-order valence-electron chi connectivity index (χ3n) is 1.59. The summed E-state index contributed by atoms with van der Waals surface area (Å²) in [6.45, 7) is 0. The fraction of sp³-hybridized carbons (Fsp3) is 0.111. The predicted octanol–water partition coefficient (Wildman–Crippen LogP) is 0.670. The van der Waals surface area contributed by atoms with Crippen LogP contribution in [0.1, 0.15) is 0 Å². The molecule has 0 aliphatic carbocycles. The first kappa shape index (κ1) is 9.08. The second-order valence-electron chi connectivity index (χ2n) is 2.61. The summed E-state index contributed by atoms with van der Waals surface area (Å²) in [5, 5.41) is 10.5. The molecule has 0 saturated heterocycles. The molecule has 0 spiro atoms. The van der Waals surface area contributed by atoms with Crippen LogP contribution in [-0.2, 0) is 4.79 Å². The monoisotopic (exact) mass is 208 g/mol. The molecule has 0 fully saturated rings. The Balaban J connectivity index is 2.22. The summed E-state index contributed by atoms with van der Waals surface area (Å²) in [6.07, 6.45) is 0. The molecule has 1 aromatic heterocycles. The summed E-state index contributed by atoms with van der Waals surface area (Å²) in [5.41, 5.74) is 1.39. The van der Waals surface area contributed by atoms with E-state index in [4.69, 9.17) is 4.42 Å². The third kappa shape index (κ3) is 1.88. The Morgan fingerprint density at radius 3 is 3.00 bits per heavy atom. The molecule has 0 aliphatic heterocycles. The molecule has 0 N–H and O–H groups in total. The van der Waals surface area contributed by atoms with Gasteiger partial charge in [-0.2, -0.15) is 0 Å². The van der Waals surface area contributed by atoms with Crippen LogP contribution >= 0.6 is 11.8 Å².